The van der Waals surface area contributed by atoms with Gasteiger partial charge in [-0.15, -0.1) is 0 Å². The summed E-state index contributed by atoms with van der Waals surface area (Å²) in [4.78, 5) is 30.1. The van der Waals surface area contributed by atoms with Crippen molar-refractivity contribution in [2.24, 2.45) is 0 Å². The summed E-state index contributed by atoms with van der Waals surface area (Å²) >= 11 is 0. The summed E-state index contributed by atoms with van der Waals surface area (Å²) in [6, 6.07) is 12.7. The molecule has 7 heteroatoms. The molecule has 1 amide bonds. The molecular formula is C25H26N2O5. The highest BCUT2D eigenvalue weighted by Gasteiger charge is 2.25. The van der Waals surface area contributed by atoms with Crippen molar-refractivity contribution < 1.29 is 23.8 Å². The summed E-state index contributed by atoms with van der Waals surface area (Å²) in [5, 5.41) is 3.50. The Bertz CT molecular complexity index is 1160. The molecule has 0 radical (unpaired) electrons. The van der Waals surface area contributed by atoms with Crippen LogP contribution in [0.15, 0.2) is 42.5 Å². The standard InChI is InChI=1S/C25H26N2O5/c1-3-30-21-13-12-16(14-22(21)31-4-2)26-23(28)15-32-25(29)24-17-8-5-6-10-19(17)27-20-11-7-9-18(20)24/h5-6,8,10,12-14H,3-4,7,9,11,15H2,1-2H3,(H,26,28). The van der Waals surface area contributed by atoms with Gasteiger partial charge in [-0.05, 0) is 56.9 Å². The first kappa shape index (κ1) is 21.6. The van der Waals surface area contributed by atoms with E-state index in [1.54, 1.807) is 18.2 Å². The lowest BCUT2D eigenvalue weighted by molar-refractivity contribution is -0.119. The molecule has 1 aliphatic carbocycles. The van der Waals surface area contributed by atoms with Gasteiger partial charge in [0.25, 0.3) is 5.91 Å². The third-order valence-electron chi connectivity index (χ3n) is 5.28. The number of hydrogen-bond acceptors (Lipinski definition) is 6. The highest BCUT2D eigenvalue weighted by atomic mass is 16.5. The Balaban J connectivity index is 1.46. The van der Waals surface area contributed by atoms with Crippen molar-refractivity contribution in [2.75, 3.05) is 25.1 Å². The molecule has 4 rings (SSSR count). The molecular weight excluding hydrogens is 408 g/mol. The molecule has 1 N–H and O–H groups in total. The normalized spacial score (nSPS) is 12.3. The van der Waals surface area contributed by atoms with Gasteiger partial charge in [-0.3, -0.25) is 9.78 Å². The van der Waals surface area contributed by atoms with Crippen molar-refractivity contribution in [3.8, 4) is 11.5 Å². The zero-order chi connectivity index (χ0) is 22.5. The third-order valence-corrected chi connectivity index (χ3v) is 5.28. The van der Waals surface area contributed by atoms with Gasteiger partial charge in [-0.1, -0.05) is 18.2 Å². The molecule has 1 aromatic heterocycles. The number of carbonyl (C=O) groups excluding carboxylic acids is 2. The predicted octanol–water partition coefficient (Wildman–Crippen LogP) is 4.32. The Labute approximate surface area is 186 Å². The highest BCUT2D eigenvalue weighted by molar-refractivity contribution is 6.06. The van der Waals surface area contributed by atoms with E-state index in [0.29, 0.717) is 36.0 Å². The Hall–Kier alpha value is -3.61. The van der Waals surface area contributed by atoms with Gasteiger partial charge in [0.1, 0.15) is 0 Å². The smallest absolute Gasteiger partial charge is 0.339 e. The summed E-state index contributed by atoms with van der Waals surface area (Å²) in [7, 11) is 0. The fourth-order valence-electron chi connectivity index (χ4n) is 3.97. The van der Waals surface area contributed by atoms with E-state index < -0.39 is 11.9 Å². The lowest BCUT2D eigenvalue weighted by Gasteiger charge is -2.14. The number of aryl methyl sites for hydroxylation is 1. The molecule has 0 bridgehead atoms. The molecule has 3 aromatic rings. The fraction of sp³-hybridized carbons (Fsp3) is 0.320. The largest absolute Gasteiger partial charge is 0.490 e. The predicted molar refractivity (Wildman–Crippen MR) is 121 cm³/mol. The molecule has 1 aliphatic rings. The van der Waals surface area contributed by atoms with Crippen LogP contribution in [0.25, 0.3) is 10.9 Å². The van der Waals surface area contributed by atoms with Crippen LogP contribution in [0.4, 0.5) is 5.69 Å². The van der Waals surface area contributed by atoms with Crippen molar-refractivity contribution in [1.82, 2.24) is 4.98 Å². The zero-order valence-corrected chi connectivity index (χ0v) is 18.3. The van der Waals surface area contributed by atoms with Crippen LogP contribution >= 0.6 is 0 Å². The number of esters is 1. The molecule has 166 valence electrons. The lowest BCUT2D eigenvalue weighted by atomic mass is 10.0. The number of hydrogen-bond donors (Lipinski definition) is 1. The van der Waals surface area contributed by atoms with Crippen LogP contribution in [0.2, 0.25) is 0 Å². The molecule has 0 aliphatic heterocycles. The minimum absolute atomic E-state index is 0.387. The number of aromatic nitrogens is 1. The van der Waals surface area contributed by atoms with Crippen LogP contribution < -0.4 is 14.8 Å². The molecule has 0 spiro atoms. The van der Waals surface area contributed by atoms with Crippen LogP contribution in [-0.2, 0) is 22.4 Å². The minimum atomic E-state index is -0.501. The first-order valence-electron chi connectivity index (χ1n) is 10.9. The van der Waals surface area contributed by atoms with Gasteiger partial charge in [-0.2, -0.15) is 0 Å². The van der Waals surface area contributed by atoms with Gasteiger partial charge >= 0.3 is 5.97 Å². The van der Waals surface area contributed by atoms with Crippen LogP contribution in [0, 0.1) is 0 Å². The van der Waals surface area contributed by atoms with E-state index in [1.165, 1.54) is 0 Å². The SMILES string of the molecule is CCOc1ccc(NC(=O)COC(=O)c2c3c(nc4ccccc24)CCC3)cc1OCC. The Morgan fingerprint density at radius 1 is 1.00 bits per heavy atom. The van der Waals surface area contributed by atoms with Crippen molar-refractivity contribution in [3.63, 3.8) is 0 Å². The topological polar surface area (TPSA) is 86.8 Å². The number of pyridine rings is 1. The van der Waals surface area contributed by atoms with E-state index in [0.717, 1.165) is 41.4 Å². The fourth-order valence-corrected chi connectivity index (χ4v) is 3.97. The number of rotatable bonds is 8. The number of nitrogens with zero attached hydrogens (tertiary/aromatic N) is 1. The van der Waals surface area contributed by atoms with Gasteiger partial charge in [0, 0.05) is 22.8 Å². The number of ether oxygens (including phenoxy) is 3. The van der Waals surface area contributed by atoms with E-state index in [-0.39, 0.29) is 6.61 Å². The third kappa shape index (κ3) is 4.51. The molecule has 7 nitrogen and oxygen atoms in total. The first-order valence-corrected chi connectivity index (χ1v) is 10.9. The summed E-state index contributed by atoms with van der Waals surface area (Å²) in [6.07, 6.45) is 2.59. The van der Waals surface area contributed by atoms with Crippen LogP contribution in [0.5, 0.6) is 11.5 Å². The summed E-state index contributed by atoms with van der Waals surface area (Å²) in [6.45, 7) is 4.36. The number of anilines is 1. The lowest BCUT2D eigenvalue weighted by Crippen LogP contribution is -2.21. The Kier molecular flexibility index (Phi) is 6.54. The minimum Gasteiger partial charge on any atom is -0.490 e. The quantitative estimate of drug-likeness (QED) is 0.532. The summed E-state index contributed by atoms with van der Waals surface area (Å²) < 4.78 is 16.5. The maximum absolute atomic E-state index is 13.0. The first-order chi connectivity index (χ1) is 15.6. The number of para-hydroxylation sites is 1. The number of benzene rings is 2. The second-order valence-corrected chi connectivity index (χ2v) is 7.43. The zero-order valence-electron chi connectivity index (χ0n) is 18.3. The maximum atomic E-state index is 13.0. The molecule has 0 unspecified atom stereocenters. The van der Waals surface area contributed by atoms with E-state index in [1.807, 2.05) is 38.1 Å². The van der Waals surface area contributed by atoms with Crippen molar-refractivity contribution in [1.29, 1.82) is 0 Å². The van der Waals surface area contributed by atoms with Crippen LogP contribution in [0.1, 0.15) is 41.9 Å². The van der Waals surface area contributed by atoms with E-state index in [2.05, 4.69) is 10.3 Å². The van der Waals surface area contributed by atoms with Gasteiger partial charge in [0.05, 0.1) is 24.3 Å². The highest BCUT2D eigenvalue weighted by Crippen LogP contribution is 2.31. The van der Waals surface area contributed by atoms with E-state index in [4.69, 9.17) is 14.2 Å². The van der Waals surface area contributed by atoms with Gasteiger partial charge < -0.3 is 19.5 Å². The Morgan fingerprint density at radius 2 is 1.78 bits per heavy atom. The maximum Gasteiger partial charge on any atom is 0.339 e. The van der Waals surface area contributed by atoms with Gasteiger partial charge in [0.2, 0.25) is 0 Å². The molecule has 2 aromatic carbocycles. The van der Waals surface area contributed by atoms with Crippen molar-refractivity contribution in [2.45, 2.75) is 33.1 Å². The van der Waals surface area contributed by atoms with Crippen LogP contribution in [-0.4, -0.2) is 36.7 Å². The molecule has 0 saturated heterocycles. The number of amides is 1. The number of carbonyl (C=O) groups is 2. The monoisotopic (exact) mass is 434 g/mol. The molecule has 0 fully saturated rings. The average molecular weight is 434 g/mol. The summed E-state index contributed by atoms with van der Waals surface area (Å²) in [5.41, 5.74) is 3.70. The van der Waals surface area contributed by atoms with E-state index in [9.17, 15) is 9.59 Å². The number of nitrogens with one attached hydrogen (secondary N) is 1. The average Bonchev–Trinajstić information content (AvgIpc) is 3.26. The summed E-state index contributed by atoms with van der Waals surface area (Å²) in [5.74, 6) is 0.221. The van der Waals surface area contributed by atoms with Gasteiger partial charge in [-0.25, -0.2) is 4.79 Å². The molecule has 0 atom stereocenters. The van der Waals surface area contributed by atoms with Gasteiger partial charge in [0.15, 0.2) is 18.1 Å². The molecule has 0 saturated carbocycles. The second-order valence-electron chi connectivity index (χ2n) is 7.43. The molecule has 32 heavy (non-hydrogen) atoms. The second kappa shape index (κ2) is 9.68. The number of fused-ring (bicyclic) bond motifs is 2. The van der Waals surface area contributed by atoms with E-state index >= 15 is 0 Å². The molecule has 1 heterocycles. The van der Waals surface area contributed by atoms with Crippen molar-refractivity contribution >= 4 is 28.5 Å². The van der Waals surface area contributed by atoms with Crippen LogP contribution in [0.3, 0.4) is 0 Å². The Morgan fingerprint density at radius 3 is 2.59 bits per heavy atom. The van der Waals surface area contributed by atoms with Crippen molar-refractivity contribution in [3.05, 3.63) is 59.3 Å².